The van der Waals surface area contributed by atoms with Crippen LogP contribution in [0.3, 0.4) is 0 Å². The molecule has 0 saturated heterocycles. The number of nitrogens with one attached hydrogen (secondary N) is 2. The molecule has 0 aliphatic carbocycles. The van der Waals surface area contributed by atoms with Gasteiger partial charge in [-0.25, -0.2) is 9.97 Å². The van der Waals surface area contributed by atoms with Gasteiger partial charge in [-0.15, -0.1) is 0 Å². The van der Waals surface area contributed by atoms with Gasteiger partial charge in [0, 0.05) is 21.1 Å². The first-order chi connectivity index (χ1) is 9.67. The number of anilines is 3. The van der Waals surface area contributed by atoms with Gasteiger partial charge in [-0.1, -0.05) is 13.0 Å². The third kappa shape index (κ3) is 3.30. The average molecular weight is 400 g/mol. The van der Waals surface area contributed by atoms with Crippen molar-refractivity contribution in [3.05, 3.63) is 39.0 Å². The Kier molecular flexibility index (Phi) is 5.37. The first-order valence-electron chi connectivity index (χ1n) is 6.46. The Balaban J connectivity index is 2.41. The van der Waals surface area contributed by atoms with Gasteiger partial charge < -0.3 is 10.6 Å². The summed E-state index contributed by atoms with van der Waals surface area (Å²) < 4.78 is 1.97. The summed E-state index contributed by atoms with van der Waals surface area (Å²) in [7, 11) is 0. The third-order valence-corrected chi connectivity index (χ3v) is 4.17. The van der Waals surface area contributed by atoms with Crippen LogP contribution in [0, 0.1) is 0 Å². The van der Waals surface area contributed by atoms with Gasteiger partial charge in [0.25, 0.3) is 0 Å². The molecule has 2 N–H and O–H groups in total. The van der Waals surface area contributed by atoms with Crippen molar-refractivity contribution >= 4 is 49.2 Å². The van der Waals surface area contributed by atoms with E-state index < -0.39 is 0 Å². The number of benzene rings is 1. The summed E-state index contributed by atoms with van der Waals surface area (Å²) in [6.45, 7) is 4.99. The van der Waals surface area contributed by atoms with Gasteiger partial charge in [-0.05, 0) is 57.3 Å². The zero-order chi connectivity index (χ0) is 14.5. The summed E-state index contributed by atoms with van der Waals surface area (Å²) in [5.74, 6) is 1.71. The van der Waals surface area contributed by atoms with Crippen LogP contribution in [0.1, 0.15) is 19.4 Å². The predicted octanol–water partition coefficient (Wildman–Crippen LogP) is 4.74. The normalized spacial score (nSPS) is 10.4. The Bertz CT molecular complexity index is 581. The summed E-state index contributed by atoms with van der Waals surface area (Å²) in [5.41, 5.74) is 2.04. The smallest absolute Gasteiger partial charge is 0.139 e. The molecule has 1 aromatic carbocycles. The minimum atomic E-state index is 0.825. The Morgan fingerprint density at radius 2 is 1.70 bits per heavy atom. The lowest BCUT2D eigenvalue weighted by molar-refractivity contribution is 1.03. The number of hydrogen-bond donors (Lipinski definition) is 2. The van der Waals surface area contributed by atoms with Crippen LogP contribution in [-0.2, 0) is 6.42 Å². The van der Waals surface area contributed by atoms with E-state index in [1.165, 1.54) is 0 Å². The summed E-state index contributed by atoms with van der Waals surface area (Å²) in [4.78, 5) is 8.67. The van der Waals surface area contributed by atoms with Gasteiger partial charge in [0.15, 0.2) is 0 Å². The second-order valence-electron chi connectivity index (χ2n) is 4.15. The van der Waals surface area contributed by atoms with Crippen LogP contribution in [0.5, 0.6) is 0 Å². The molecule has 2 rings (SSSR count). The van der Waals surface area contributed by atoms with Crippen LogP contribution >= 0.6 is 31.9 Å². The van der Waals surface area contributed by atoms with E-state index in [-0.39, 0.29) is 0 Å². The molecule has 0 aliphatic rings. The molecule has 6 heteroatoms. The topological polar surface area (TPSA) is 49.8 Å². The summed E-state index contributed by atoms with van der Waals surface area (Å²) in [6.07, 6.45) is 2.43. The highest BCUT2D eigenvalue weighted by molar-refractivity contribution is 9.11. The van der Waals surface area contributed by atoms with Crippen molar-refractivity contribution < 1.29 is 0 Å². The molecule has 106 valence electrons. The standard InChI is InChI=1S/C14H16Br2N4/c1-3-9-13(17-4-2)18-8-19-14(9)20-12-10(15)6-5-7-11(12)16/h5-8H,3-4H2,1-2H3,(H2,17,18,19,20). The Labute approximate surface area is 135 Å². The first kappa shape index (κ1) is 15.3. The molecule has 0 unspecified atom stereocenters. The number of halogens is 2. The maximum Gasteiger partial charge on any atom is 0.139 e. The van der Waals surface area contributed by atoms with Gasteiger partial charge >= 0.3 is 0 Å². The Morgan fingerprint density at radius 3 is 2.30 bits per heavy atom. The maximum absolute atomic E-state index is 4.37. The van der Waals surface area contributed by atoms with E-state index in [1.54, 1.807) is 6.33 Å². The van der Waals surface area contributed by atoms with E-state index in [1.807, 2.05) is 18.2 Å². The van der Waals surface area contributed by atoms with Gasteiger partial charge in [-0.3, -0.25) is 0 Å². The molecule has 0 bridgehead atoms. The van der Waals surface area contributed by atoms with Crippen LogP contribution in [-0.4, -0.2) is 16.5 Å². The lowest BCUT2D eigenvalue weighted by Crippen LogP contribution is -2.07. The van der Waals surface area contributed by atoms with Gasteiger partial charge in [-0.2, -0.15) is 0 Å². The fourth-order valence-corrected chi connectivity index (χ4v) is 3.11. The van der Waals surface area contributed by atoms with Gasteiger partial charge in [0.05, 0.1) is 5.69 Å². The van der Waals surface area contributed by atoms with E-state index in [0.717, 1.165) is 44.8 Å². The van der Waals surface area contributed by atoms with E-state index >= 15 is 0 Å². The molecule has 0 fully saturated rings. The van der Waals surface area contributed by atoms with Gasteiger partial charge in [0.2, 0.25) is 0 Å². The molecule has 0 spiro atoms. The largest absolute Gasteiger partial charge is 0.370 e. The zero-order valence-corrected chi connectivity index (χ0v) is 14.5. The van der Waals surface area contributed by atoms with Crippen LogP contribution in [0.4, 0.5) is 17.3 Å². The first-order valence-corrected chi connectivity index (χ1v) is 8.04. The lowest BCUT2D eigenvalue weighted by Gasteiger charge is -2.15. The number of nitrogens with zero attached hydrogens (tertiary/aromatic N) is 2. The maximum atomic E-state index is 4.37. The second-order valence-corrected chi connectivity index (χ2v) is 5.86. The molecule has 0 saturated carbocycles. The summed E-state index contributed by atoms with van der Waals surface area (Å²) in [6, 6.07) is 5.96. The van der Waals surface area contributed by atoms with Crippen molar-refractivity contribution in [2.75, 3.05) is 17.2 Å². The Morgan fingerprint density at radius 1 is 1.05 bits per heavy atom. The van der Waals surface area contributed by atoms with Crippen molar-refractivity contribution in [2.24, 2.45) is 0 Å². The molecule has 0 radical (unpaired) electrons. The highest BCUT2D eigenvalue weighted by Crippen LogP contribution is 2.34. The number of aromatic nitrogens is 2. The molecule has 2 aromatic rings. The zero-order valence-electron chi connectivity index (χ0n) is 11.4. The van der Waals surface area contributed by atoms with Crippen molar-refractivity contribution in [2.45, 2.75) is 20.3 Å². The lowest BCUT2D eigenvalue weighted by atomic mass is 10.2. The fourth-order valence-electron chi connectivity index (χ4n) is 1.91. The Hall–Kier alpha value is -1.14. The van der Waals surface area contributed by atoms with Crippen molar-refractivity contribution in [1.82, 2.24) is 9.97 Å². The van der Waals surface area contributed by atoms with E-state index in [0.29, 0.717) is 0 Å². The minimum absolute atomic E-state index is 0.825. The van der Waals surface area contributed by atoms with Gasteiger partial charge in [0.1, 0.15) is 18.0 Å². The highest BCUT2D eigenvalue weighted by Gasteiger charge is 2.12. The van der Waals surface area contributed by atoms with E-state index in [4.69, 9.17) is 0 Å². The van der Waals surface area contributed by atoms with E-state index in [2.05, 4.69) is 66.3 Å². The molecule has 1 heterocycles. The van der Waals surface area contributed by atoms with Crippen LogP contribution in [0.2, 0.25) is 0 Å². The SMILES string of the molecule is CCNc1ncnc(Nc2c(Br)cccc2Br)c1CC. The second kappa shape index (κ2) is 7.04. The average Bonchev–Trinajstić information content (AvgIpc) is 2.43. The molecule has 0 aliphatic heterocycles. The van der Waals surface area contributed by atoms with Crippen molar-refractivity contribution in [3.63, 3.8) is 0 Å². The number of hydrogen-bond acceptors (Lipinski definition) is 4. The van der Waals surface area contributed by atoms with Crippen molar-refractivity contribution in [3.8, 4) is 0 Å². The van der Waals surface area contributed by atoms with Crippen LogP contribution in [0.25, 0.3) is 0 Å². The number of para-hydroxylation sites is 1. The molecule has 0 amide bonds. The van der Waals surface area contributed by atoms with Crippen LogP contribution in [0.15, 0.2) is 33.5 Å². The van der Waals surface area contributed by atoms with E-state index in [9.17, 15) is 0 Å². The monoisotopic (exact) mass is 398 g/mol. The summed E-state index contributed by atoms with van der Waals surface area (Å²) in [5, 5.41) is 6.64. The third-order valence-electron chi connectivity index (χ3n) is 2.85. The molecule has 20 heavy (non-hydrogen) atoms. The molecule has 1 aromatic heterocycles. The fraction of sp³-hybridized carbons (Fsp3) is 0.286. The molecular weight excluding hydrogens is 384 g/mol. The highest BCUT2D eigenvalue weighted by atomic mass is 79.9. The quantitative estimate of drug-likeness (QED) is 0.762. The molecule has 0 atom stereocenters. The van der Waals surface area contributed by atoms with Crippen LogP contribution < -0.4 is 10.6 Å². The minimum Gasteiger partial charge on any atom is -0.370 e. The molecule has 4 nitrogen and oxygen atoms in total. The summed E-state index contributed by atoms with van der Waals surface area (Å²) >= 11 is 7.10. The number of rotatable bonds is 5. The molecular formula is C14H16Br2N4. The predicted molar refractivity (Wildman–Crippen MR) is 90.7 cm³/mol. The van der Waals surface area contributed by atoms with Crippen molar-refractivity contribution in [1.29, 1.82) is 0 Å².